The Kier molecular flexibility index (Phi) is 5.53. The summed E-state index contributed by atoms with van der Waals surface area (Å²) in [6, 6.07) is 9.83. The molecule has 0 saturated heterocycles. The first-order valence-electron chi connectivity index (χ1n) is 7.01. The van der Waals surface area contributed by atoms with Gasteiger partial charge >= 0.3 is 0 Å². The van der Waals surface area contributed by atoms with E-state index < -0.39 is 28.3 Å². The molecule has 128 valence electrons. The second kappa shape index (κ2) is 7.41. The first-order valence-corrected chi connectivity index (χ1v) is 8.50. The molecule has 0 heterocycles. The van der Waals surface area contributed by atoms with Gasteiger partial charge in [-0.1, -0.05) is 6.07 Å². The van der Waals surface area contributed by atoms with Gasteiger partial charge in [0.05, 0.1) is 18.6 Å². The molecule has 6 nitrogen and oxygen atoms in total. The summed E-state index contributed by atoms with van der Waals surface area (Å²) in [7, 11) is -2.37. The minimum absolute atomic E-state index is 0.0573. The number of aryl methyl sites for hydroxylation is 1. The fraction of sp³-hybridized carbons (Fsp3) is 0.188. The lowest BCUT2D eigenvalue weighted by molar-refractivity contribution is -0.115. The van der Waals surface area contributed by atoms with Gasteiger partial charge in [0, 0.05) is 5.69 Å². The third kappa shape index (κ3) is 4.53. The molecule has 2 N–H and O–H groups in total. The lowest BCUT2D eigenvalue weighted by atomic mass is 10.2. The molecule has 0 atom stereocenters. The van der Waals surface area contributed by atoms with Crippen molar-refractivity contribution in [3.8, 4) is 5.75 Å². The third-order valence-corrected chi connectivity index (χ3v) is 4.76. The normalized spacial score (nSPS) is 11.1. The van der Waals surface area contributed by atoms with E-state index in [1.807, 2.05) is 0 Å². The lowest BCUT2D eigenvalue weighted by Crippen LogP contribution is -2.33. The Bertz CT molecular complexity index is 853. The highest BCUT2D eigenvalue weighted by Crippen LogP contribution is 2.20. The molecule has 0 radical (unpaired) electrons. The quantitative estimate of drug-likeness (QED) is 0.833. The zero-order valence-corrected chi connectivity index (χ0v) is 14.0. The maximum Gasteiger partial charge on any atom is 0.241 e. The highest BCUT2D eigenvalue weighted by molar-refractivity contribution is 7.89. The van der Waals surface area contributed by atoms with Crippen LogP contribution in [0.4, 0.5) is 10.1 Å². The number of sulfonamides is 1. The van der Waals surface area contributed by atoms with Crippen molar-refractivity contribution in [3.63, 3.8) is 0 Å². The number of halogens is 1. The van der Waals surface area contributed by atoms with Crippen molar-refractivity contribution in [1.82, 2.24) is 4.72 Å². The Morgan fingerprint density at radius 2 is 1.96 bits per heavy atom. The van der Waals surface area contributed by atoms with Crippen molar-refractivity contribution in [2.45, 2.75) is 11.8 Å². The molecule has 2 aromatic carbocycles. The van der Waals surface area contributed by atoms with E-state index in [0.29, 0.717) is 11.3 Å². The summed E-state index contributed by atoms with van der Waals surface area (Å²) >= 11 is 0. The molecule has 0 unspecified atom stereocenters. The van der Waals surface area contributed by atoms with Crippen molar-refractivity contribution in [3.05, 3.63) is 53.8 Å². The second-order valence-electron chi connectivity index (χ2n) is 5.01. The van der Waals surface area contributed by atoms with Gasteiger partial charge < -0.3 is 10.1 Å². The fourth-order valence-electron chi connectivity index (χ4n) is 2.06. The Labute approximate surface area is 139 Å². The zero-order chi connectivity index (χ0) is 17.7. The van der Waals surface area contributed by atoms with E-state index in [-0.39, 0.29) is 10.6 Å². The Hall–Kier alpha value is -2.45. The smallest absolute Gasteiger partial charge is 0.241 e. The molecule has 24 heavy (non-hydrogen) atoms. The molecule has 1 amide bonds. The maximum absolute atomic E-state index is 13.0. The minimum atomic E-state index is -3.85. The van der Waals surface area contributed by atoms with Gasteiger partial charge in [-0.15, -0.1) is 0 Å². The van der Waals surface area contributed by atoms with Crippen molar-refractivity contribution in [2.75, 3.05) is 19.0 Å². The topological polar surface area (TPSA) is 84.5 Å². The molecule has 0 saturated carbocycles. The molecular formula is C16H17FN2O4S. The molecule has 0 aromatic heterocycles. The molecule has 0 aliphatic heterocycles. The van der Waals surface area contributed by atoms with Crippen LogP contribution in [0.15, 0.2) is 47.4 Å². The highest BCUT2D eigenvalue weighted by Gasteiger charge is 2.18. The number of carbonyl (C=O) groups excluding carboxylic acids is 1. The number of methoxy groups -OCH3 is 1. The largest absolute Gasteiger partial charge is 0.497 e. The van der Waals surface area contributed by atoms with E-state index in [4.69, 9.17) is 4.74 Å². The number of amides is 1. The number of hydrogen-bond acceptors (Lipinski definition) is 4. The summed E-state index contributed by atoms with van der Waals surface area (Å²) in [6.45, 7) is 1.16. The zero-order valence-electron chi connectivity index (χ0n) is 13.2. The van der Waals surface area contributed by atoms with Crippen LogP contribution in [0.2, 0.25) is 0 Å². The van der Waals surface area contributed by atoms with Gasteiger partial charge in [-0.05, 0) is 48.9 Å². The van der Waals surface area contributed by atoms with Crippen LogP contribution in [0.5, 0.6) is 5.75 Å². The predicted octanol–water partition coefficient (Wildman–Crippen LogP) is 2.06. The van der Waals surface area contributed by atoms with Crippen LogP contribution in [0.3, 0.4) is 0 Å². The number of hydrogen-bond donors (Lipinski definition) is 2. The fourth-order valence-corrected chi connectivity index (χ4v) is 3.27. The number of carbonyl (C=O) groups is 1. The number of nitrogens with one attached hydrogen (secondary N) is 2. The van der Waals surface area contributed by atoms with Crippen molar-refractivity contribution in [1.29, 1.82) is 0 Å². The van der Waals surface area contributed by atoms with Crippen LogP contribution in [0.25, 0.3) is 0 Å². The van der Waals surface area contributed by atoms with E-state index in [1.165, 1.54) is 37.4 Å². The van der Waals surface area contributed by atoms with Gasteiger partial charge in [-0.2, -0.15) is 0 Å². The average Bonchev–Trinajstić information content (AvgIpc) is 2.52. The summed E-state index contributed by atoms with van der Waals surface area (Å²) in [6.07, 6.45) is 0. The maximum atomic E-state index is 13.0. The molecule has 2 aromatic rings. The number of rotatable bonds is 6. The van der Waals surface area contributed by atoms with Crippen LogP contribution in [0.1, 0.15) is 5.56 Å². The van der Waals surface area contributed by atoms with Crippen LogP contribution >= 0.6 is 0 Å². The summed E-state index contributed by atoms with van der Waals surface area (Å²) in [5.41, 5.74) is 0.743. The van der Waals surface area contributed by atoms with Crippen molar-refractivity contribution >= 4 is 21.6 Å². The van der Waals surface area contributed by atoms with Crippen molar-refractivity contribution < 1.29 is 22.3 Å². The average molecular weight is 352 g/mol. The molecule has 2 rings (SSSR count). The minimum Gasteiger partial charge on any atom is -0.497 e. The summed E-state index contributed by atoms with van der Waals surface area (Å²) in [5, 5.41) is 2.41. The summed E-state index contributed by atoms with van der Waals surface area (Å²) in [5.74, 6) is -0.562. The number of benzene rings is 2. The Balaban J connectivity index is 2.03. The number of anilines is 1. The van der Waals surface area contributed by atoms with Crippen molar-refractivity contribution in [2.24, 2.45) is 0 Å². The highest BCUT2D eigenvalue weighted by atomic mass is 32.2. The number of ether oxygens (including phenoxy) is 1. The lowest BCUT2D eigenvalue weighted by Gasteiger charge is -2.11. The SMILES string of the molecule is COc1ccc(S(=O)(=O)NCC(=O)Nc2cccc(F)c2)c(C)c1. The molecule has 0 bridgehead atoms. The van der Waals surface area contributed by atoms with Gasteiger partial charge in [0.2, 0.25) is 15.9 Å². The van der Waals surface area contributed by atoms with E-state index in [9.17, 15) is 17.6 Å². The third-order valence-electron chi connectivity index (χ3n) is 3.20. The summed E-state index contributed by atoms with van der Waals surface area (Å²) in [4.78, 5) is 11.9. The molecule has 0 aliphatic rings. The molecule has 8 heteroatoms. The van der Waals surface area contributed by atoms with E-state index in [0.717, 1.165) is 6.07 Å². The monoisotopic (exact) mass is 352 g/mol. The van der Waals surface area contributed by atoms with E-state index in [2.05, 4.69) is 10.0 Å². The first-order chi connectivity index (χ1) is 11.3. The molecule has 0 aliphatic carbocycles. The van der Waals surface area contributed by atoms with Gasteiger partial charge in [-0.25, -0.2) is 17.5 Å². The molecular weight excluding hydrogens is 335 g/mol. The van der Waals surface area contributed by atoms with E-state index >= 15 is 0 Å². The van der Waals surface area contributed by atoms with Gasteiger partial charge in [0.15, 0.2) is 0 Å². The van der Waals surface area contributed by atoms with Gasteiger partial charge in [0.1, 0.15) is 11.6 Å². The standard InChI is InChI=1S/C16H17FN2O4S/c1-11-8-14(23-2)6-7-15(11)24(21,22)18-10-16(20)19-13-5-3-4-12(17)9-13/h3-9,18H,10H2,1-2H3,(H,19,20). The summed E-state index contributed by atoms with van der Waals surface area (Å²) < 4.78 is 44.8. The molecule has 0 spiro atoms. The van der Waals surface area contributed by atoms with Crippen LogP contribution in [-0.4, -0.2) is 28.0 Å². The molecule has 0 fully saturated rings. The van der Waals surface area contributed by atoms with E-state index in [1.54, 1.807) is 13.0 Å². The van der Waals surface area contributed by atoms with Gasteiger partial charge in [-0.3, -0.25) is 4.79 Å². The van der Waals surface area contributed by atoms with Gasteiger partial charge in [0.25, 0.3) is 0 Å². The second-order valence-corrected chi connectivity index (χ2v) is 6.75. The first kappa shape index (κ1) is 17.9. The van der Waals surface area contributed by atoms with Crippen LogP contribution in [-0.2, 0) is 14.8 Å². The Morgan fingerprint density at radius 3 is 2.58 bits per heavy atom. The van der Waals surface area contributed by atoms with Crippen LogP contribution < -0.4 is 14.8 Å². The predicted molar refractivity (Wildman–Crippen MR) is 87.9 cm³/mol. The van der Waals surface area contributed by atoms with Crippen LogP contribution in [0, 0.1) is 12.7 Å². The Morgan fingerprint density at radius 1 is 1.21 bits per heavy atom.